The lowest BCUT2D eigenvalue weighted by Crippen LogP contribution is -2.42. The van der Waals surface area contributed by atoms with Gasteiger partial charge in [-0.2, -0.15) is 0 Å². The van der Waals surface area contributed by atoms with Crippen LogP contribution in [0.5, 0.6) is 0 Å². The van der Waals surface area contributed by atoms with E-state index in [0.717, 1.165) is 25.0 Å². The van der Waals surface area contributed by atoms with Crippen LogP contribution >= 0.6 is 0 Å². The molecular weight excluding hydrogens is 350 g/mol. The Bertz CT molecular complexity index is 896. The van der Waals surface area contributed by atoms with Crippen LogP contribution in [0.3, 0.4) is 0 Å². The van der Waals surface area contributed by atoms with Crippen molar-refractivity contribution in [1.82, 2.24) is 9.47 Å². The Hall–Kier alpha value is -2.16. The van der Waals surface area contributed by atoms with Crippen LogP contribution in [0.1, 0.15) is 19.8 Å². The van der Waals surface area contributed by atoms with Gasteiger partial charge >= 0.3 is 5.76 Å². The number of hydrogen-bond acceptors (Lipinski definition) is 6. The van der Waals surface area contributed by atoms with Gasteiger partial charge < -0.3 is 19.2 Å². The van der Waals surface area contributed by atoms with E-state index in [2.05, 4.69) is 10.2 Å². The Kier molecular flexibility index (Phi) is 4.79. The van der Waals surface area contributed by atoms with E-state index < -0.39 is 0 Å². The second-order valence-electron chi connectivity index (χ2n) is 7.25. The van der Waals surface area contributed by atoms with Gasteiger partial charge in [-0.05, 0) is 31.9 Å². The lowest BCUT2D eigenvalue weighted by atomic mass is 9.97. The van der Waals surface area contributed by atoms with E-state index in [1.54, 1.807) is 29.9 Å². The Labute approximate surface area is 157 Å². The minimum absolute atomic E-state index is 0.00719. The normalized spacial score (nSPS) is 25.6. The summed E-state index contributed by atoms with van der Waals surface area (Å²) in [7, 11) is 1.70. The number of nitrogens with zero attached hydrogens (tertiary/aromatic N) is 2. The maximum Gasteiger partial charge on any atom is 0.419 e. The summed E-state index contributed by atoms with van der Waals surface area (Å²) in [5, 5.41) is 2.89. The first-order chi connectivity index (χ1) is 13.0. The molecule has 0 bridgehead atoms. The molecule has 3 heterocycles. The smallest absolute Gasteiger partial charge is 0.408 e. The molecule has 8 heteroatoms. The molecule has 8 nitrogen and oxygen atoms in total. The van der Waals surface area contributed by atoms with Gasteiger partial charge in [0.15, 0.2) is 5.58 Å². The van der Waals surface area contributed by atoms with Gasteiger partial charge in [-0.25, -0.2) is 4.79 Å². The molecule has 1 aromatic carbocycles. The summed E-state index contributed by atoms with van der Waals surface area (Å²) in [4.78, 5) is 26.4. The average molecular weight is 375 g/mol. The summed E-state index contributed by atoms with van der Waals surface area (Å²) in [6.45, 7) is 4.82. The molecule has 2 fully saturated rings. The monoisotopic (exact) mass is 375 g/mol. The van der Waals surface area contributed by atoms with E-state index in [9.17, 15) is 9.59 Å². The minimum atomic E-state index is -0.388. The number of oxazole rings is 1. The highest BCUT2D eigenvalue weighted by Crippen LogP contribution is 2.36. The zero-order valence-corrected chi connectivity index (χ0v) is 15.7. The standard InChI is InChI=1S/C19H25N3O5/c1-3-22-14-6-5-13(9-15(14)27-18(22)24)20-17(23)11-21-10-16(25-2)19(12-21)7-4-8-26-19/h5-6,9,16H,3-4,7-8,10-12H2,1-2H3,(H,20,23)/t16-,19-/m1/s1. The molecule has 1 amide bonds. The van der Waals surface area contributed by atoms with Crippen molar-refractivity contribution in [3.8, 4) is 0 Å². The first-order valence-electron chi connectivity index (χ1n) is 9.37. The maximum absolute atomic E-state index is 12.5. The lowest BCUT2D eigenvalue weighted by molar-refractivity contribution is -0.117. The number of methoxy groups -OCH3 is 1. The Balaban J connectivity index is 1.42. The SMILES string of the molecule is CCn1c(=O)oc2cc(NC(=O)CN3C[C@@H](OC)[C@@]4(CCCO4)C3)ccc21. The van der Waals surface area contributed by atoms with E-state index in [-0.39, 0.29) is 29.9 Å². The van der Waals surface area contributed by atoms with Crippen molar-refractivity contribution in [2.45, 2.75) is 38.0 Å². The van der Waals surface area contributed by atoms with Crippen molar-refractivity contribution < 1.29 is 18.7 Å². The van der Waals surface area contributed by atoms with Crippen LogP contribution in [0.2, 0.25) is 0 Å². The molecule has 2 aliphatic heterocycles. The van der Waals surface area contributed by atoms with Crippen molar-refractivity contribution in [3.05, 3.63) is 28.7 Å². The van der Waals surface area contributed by atoms with Gasteiger partial charge in [-0.15, -0.1) is 0 Å². The van der Waals surface area contributed by atoms with E-state index in [1.165, 1.54) is 0 Å². The first kappa shape index (κ1) is 18.2. The van der Waals surface area contributed by atoms with Crippen LogP contribution < -0.4 is 11.1 Å². The number of fused-ring (bicyclic) bond motifs is 1. The topological polar surface area (TPSA) is 85.9 Å². The van der Waals surface area contributed by atoms with Gasteiger partial charge in [0.05, 0.1) is 18.2 Å². The van der Waals surface area contributed by atoms with Gasteiger partial charge in [0.1, 0.15) is 5.60 Å². The Morgan fingerprint density at radius 2 is 2.30 bits per heavy atom. The molecule has 1 aromatic heterocycles. The molecule has 0 aliphatic carbocycles. The number of amides is 1. The first-order valence-corrected chi connectivity index (χ1v) is 9.37. The van der Waals surface area contributed by atoms with Crippen LogP contribution in [0.4, 0.5) is 5.69 Å². The van der Waals surface area contributed by atoms with Gasteiger partial charge in [0.25, 0.3) is 0 Å². The number of aromatic nitrogens is 1. The number of likely N-dealkylation sites (tertiary alicyclic amines) is 1. The molecule has 2 aromatic rings. The highest BCUT2D eigenvalue weighted by molar-refractivity contribution is 5.94. The maximum atomic E-state index is 12.5. The molecule has 0 unspecified atom stereocenters. The molecule has 2 atom stereocenters. The fourth-order valence-corrected chi connectivity index (χ4v) is 4.30. The van der Waals surface area contributed by atoms with E-state index in [0.29, 0.717) is 30.9 Å². The van der Waals surface area contributed by atoms with Gasteiger partial charge in [-0.3, -0.25) is 14.3 Å². The molecular formula is C19H25N3O5. The highest BCUT2D eigenvalue weighted by Gasteiger charge is 2.50. The van der Waals surface area contributed by atoms with Crippen LogP contribution in [0.25, 0.3) is 11.1 Å². The second kappa shape index (κ2) is 7.10. The fraction of sp³-hybridized carbons (Fsp3) is 0.579. The van der Waals surface area contributed by atoms with Crippen molar-refractivity contribution in [3.63, 3.8) is 0 Å². The van der Waals surface area contributed by atoms with Gasteiger partial charge in [0.2, 0.25) is 5.91 Å². The lowest BCUT2D eigenvalue weighted by Gasteiger charge is -2.28. The number of ether oxygens (including phenoxy) is 2. The Morgan fingerprint density at radius 1 is 1.44 bits per heavy atom. The highest BCUT2D eigenvalue weighted by atomic mass is 16.6. The van der Waals surface area contributed by atoms with Crippen LogP contribution in [-0.2, 0) is 20.8 Å². The van der Waals surface area contributed by atoms with E-state index in [4.69, 9.17) is 13.9 Å². The minimum Gasteiger partial charge on any atom is -0.408 e. The van der Waals surface area contributed by atoms with Crippen LogP contribution in [0.15, 0.2) is 27.4 Å². The van der Waals surface area contributed by atoms with E-state index in [1.807, 2.05) is 6.92 Å². The third kappa shape index (κ3) is 3.28. The molecule has 2 saturated heterocycles. The molecule has 1 N–H and O–H groups in total. The number of aryl methyl sites for hydroxylation is 1. The van der Waals surface area contributed by atoms with Crippen molar-refractivity contribution in [2.24, 2.45) is 0 Å². The predicted molar refractivity (Wildman–Crippen MR) is 99.9 cm³/mol. The molecule has 27 heavy (non-hydrogen) atoms. The number of anilines is 1. The number of nitrogens with one attached hydrogen (secondary N) is 1. The number of benzene rings is 1. The molecule has 0 radical (unpaired) electrons. The third-order valence-electron chi connectivity index (χ3n) is 5.56. The van der Waals surface area contributed by atoms with Crippen LogP contribution in [-0.4, -0.2) is 60.4 Å². The Morgan fingerprint density at radius 3 is 3.00 bits per heavy atom. The van der Waals surface area contributed by atoms with Crippen LogP contribution in [0, 0.1) is 0 Å². The molecule has 4 rings (SSSR count). The number of rotatable bonds is 5. The zero-order valence-electron chi connectivity index (χ0n) is 15.7. The molecule has 1 spiro atoms. The second-order valence-corrected chi connectivity index (χ2v) is 7.25. The summed E-state index contributed by atoms with van der Waals surface area (Å²) >= 11 is 0. The van der Waals surface area contributed by atoms with Crippen molar-refractivity contribution >= 4 is 22.7 Å². The molecule has 146 valence electrons. The van der Waals surface area contributed by atoms with Gasteiger partial charge in [0, 0.05) is 45.1 Å². The molecule has 0 saturated carbocycles. The van der Waals surface area contributed by atoms with Gasteiger partial charge in [-0.1, -0.05) is 0 Å². The molecule has 2 aliphatic rings. The zero-order chi connectivity index (χ0) is 19.0. The van der Waals surface area contributed by atoms with Crippen molar-refractivity contribution in [1.29, 1.82) is 0 Å². The third-order valence-corrected chi connectivity index (χ3v) is 5.56. The summed E-state index contributed by atoms with van der Waals surface area (Å²) in [5.41, 5.74) is 1.53. The van der Waals surface area contributed by atoms with E-state index >= 15 is 0 Å². The predicted octanol–water partition coefficient (Wildman–Crippen LogP) is 1.43. The summed E-state index contributed by atoms with van der Waals surface area (Å²) < 4.78 is 18.4. The summed E-state index contributed by atoms with van der Waals surface area (Å²) in [6, 6.07) is 5.26. The summed E-state index contributed by atoms with van der Waals surface area (Å²) in [6.07, 6.45) is 1.99. The number of hydrogen-bond donors (Lipinski definition) is 1. The number of carbonyl (C=O) groups is 1. The number of carbonyl (C=O) groups excluding carboxylic acids is 1. The van der Waals surface area contributed by atoms with Crippen molar-refractivity contribution in [2.75, 3.05) is 38.7 Å². The average Bonchev–Trinajstić information content (AvgIpc) is 3.32. The summed E-state index contributed by atoms with van der Waals surface area (Å²) in [5.74, 6) is -0.503. The largest absolute Gasteiger partial charge is 0.419 e. The quantitative estimate of drug-likeness (QED) is 0.851. The fourth-order valence-electron chi connectivity index (χ4n) is 4.30.